The van der Waals surface area contributed by atoms with Gasteiger partial charge in [-0.2, -0.15) is 4.31 Å². The van der Waals surface area contributed by atoms with Crippen LogP contribution in [0.1, 0.15) is 31.2 Å². The summed E-state index contributed by atoms with van der Waals surface area (Å²) in [6.45, 7) is 0. The predicted molar refractivity (Wildman–Crippen MR) is 76.3 cm³/mol. The Morgan fingerprint density at radius 3 is 2.28 bits per heavy atom. The first-order valence-corrected chi connectivity index (χ1v) is 8.75. The van der Waals surface area contributed by atoms with Crippen molar-refractivity contribution in [3.63, 3.8) is 0 Å². The van der Waals surface area contributed by atoms with Gasteiger partial charge in [0.1, 0.15) is 0 Å². The number of rotatable bonds is 4. The fraction of sp³-hybridized carbons (Fsp3) is 0.538. The first-order chi connectivity index (χ1) is 8.55. The second-order valence-corrected chi connectivity index (χ2v) is 7.30. The van der Waals surface area contributed by atoms with Gasteiger partial charge in [-0.15, -0.1) is 0 Å². The standard InChI is InChI=1S/C13H18BrNO2S/c1-15(12-4-2-3-5-12)18(16,17)13-8-6-11(10-14)7-9-13/h6-9,12H,2-5,10H2,1H3. The highest BCUT2D eigenvalue weighted by atomic mass is 79.9. The topological polar surface area (TPSA) is 37.4 Å². The van der Waals surface area contributed by atoms with Crippen molar-refractivity contribution in [3.05, 3.63) is 29.8 Å². The van der Waals surface area contributed by atoms with Crippen molar-refractivity contribution >= 4 is 26.0 Å². The van der Waals surface area contributed by atoms with Crippen LogP contribution in [0.2, 0.25) is 0 Å². The first-order valence-electron chi connectivity index (χ1n) is 6.18. The van der Waals surface area contributed by atoms with Gasteiger partial charge in [0, 0.05) is 18.4 Å². The van der Waals surface area contributed by atoms with E-state index >= 15 is 0 Å². The molecule has 0 aromatic heterocycles. The van der Waals surface area contributed by atoms with E-state index in [1.807, 2.05) is 12.1 Å². The van der Waals surface area contributed by atoms with E-state index in [0.29, 0.717) is 4.90 Å². The van der Waals surface area contributed by atoms with Crippen molar-refractivity contribution in [2.75, 3.05) is 7.05 Å². The maximum Gasteiger partial charge on any atom is 0.243 e. The summed E-state index contributed by atoms with van der Waals surface area (Å²) in [5.41, 5.74) is 1.08. The monoisotopic (exact) mass is 331 g/mol. The van der Waals surface area contributed by atoms with Gasteiger partial charge in [-0.05, 0) is 30.5 Å². The average molecular weight is 332 g/mol. The molecule has 1 fully saturated rings. The third kappa shape index (κ3) is 2.78. The van der Waals surface area contributed by atoms with Crippen LogP contribution in [0.3, 0.4) is 0 Å². The Morgan fingerprint density at radius 1 is 1.22 bits per heavy atom. The molecule has 0 bridgehead atoms. The molecule has 5 heteroatoms. The Kier molecular flexibility index (Phi) is 4.45. The summed E-state index contributed by atoms with van der Waals surface area (Å²) in [5.74, 6) is 0. The summed E-state index contributed by atoms with van der Waals surface area (Å²) in [6.07, 6.45) is 4.23. The highest BCUT2D eigenvalue weighted by Crippen LogP contribution is 2.27. The molecule has 2 rings (SSSR count). The molecule has 0 amide bonds. The normalized spacial score (nSPS) is 17.5. The minimum atomic E-state index is -3.33. The van der Waals surface area contributed by atoms with Crippen LogP contribution in [0.5, 0.6) is 0 Å². The SMILES string of the molecule is CN(C1CCCC1)S(=O)(=O)c1ccc(CBr)cc1. The molecule has 1 aromatic rings. The number of hydrogen-bond acceptors (Lipinski definition) is 2. The second kappa shape index (κ2) is 5.72. The fourth-order valence-corrected chi connectivity index (χ4v) is 4.17. The van der Waals surface area contributed by atoms with Crippen LogP contribution < -0.4 is 0 Å². The molecule has 0 radical (unpaired) electrons. The Morgan fingerprint density at radius 2 is 1.78 bits per heavy atom. The zero-order valence-electron chi connectivity index (χ0n) is 10.5. The molecule has 3 nitrogen and oxygen atoms in total. The molecule has 1 aromatic carbocycles. The number of sulfonamides is 1. The quantitative estimate of drug-likeness (QED) is 0.795. The lowest BCUT2D eigenvalue weighted by Crippen LogP contribution is -2.35. The minimum absolute atomic E-state index is 0.172. The number of nitrogens with zero attached hydrogens (tertiary/aromatic N) is 1. The van der Waals surface area contributed by atoms with Gasteiger partial charge in [0.25, 0.3) is 0 Å². The summed E-state index contributed by atoms with van der Waals surface area (Å²) in [6, 6.07) is 7.26. The van der Waals surface area contributed by atoms with Crippen molar-refractivity contribution in [1.29, 1.82) is 0 Å². The Labute approximate surface area is 117 Å². The lowest BCUT2D eigenvalue weighted by molar-refractivity contribution is 0.373. The van der Waals surface area contributed by atoms with Crippen LogP contribution in [0, 0.1) is 0 Å². The van der Waals surface area contributed by atoms with Crippen molar-refractivity contribution in [2.24, 2.45) is 0 Å². The molecule has 0 saturated heterocycles. The molecule has 0 aliphatic heterocycles. The smallest absolute Gasteiger partial charge is 0.207 e. The third-order valence-corrected chi connectivity index (χ3v) is 6.17. The van der Waals surface area contributed by atoms with E-state index in [1.165, 1.54) is 0 Å². The molecule has 1 aliphatic carbocycles. The number of halogens is 1. The van der Waals surface area contributed by atoms with Gasteiger partial charge in [0.2, 0.25) is 10.0 Å². The van der Waals surface area contributed by atoms with Gasteiger partial charge in [0.15, 0.2) is 0 Å². The number of benzene rings is 1. The zero-order chi connectivity index (χ0) is 13.2. The summed E-state index contributed by atoms with van der Waals surface area (Å²) in [5, 5.41) is 0.742. The summed E-state index contributed by atoms with van der Waals surface area (Å²) < 4.78 is 26.4. The van der Waals surface area contributed by atoms with Crippen LogP contribution in [-0.2, 0) is 15.4 Å². The van der Waals surface area contributed by atoms with Crippen molar-refractivity contribution in [1.82, 2.24) is 4.31 Å². The summed E-state index contributed by atoms with van der Waals surface area (Å²) in [4.78, 5) is 0.390. The maximum absolute atomic E-state index is 12.4. The molecule has 18 heavy (non-hydrogen) atoms. The molecular formula is C13H18BrNO2S. The van der Waals surface area contributed by atoms with Crippen molar-refractivity contribution in [2.45, 2.75) is 42.0 Å². The Balaban J connectivity index is 2.23. The molecule has 0 unspecified atom stereocenters. The van der Waals surface area contributed by atoms with E-state index in [9.17, 15) is 8.42 Å². The van der Waals surface area contributed by atoms with Crippen LogP contribution in [0.4, 0.5) is 0 Å². The zero-order valence-corrected chi connectivity index (χ0v) is 12.9. The van der Waals surface area contributed by atoms with Crippen LogP contribution in [-0.4, -0.2) is 25.8 Å². The van der Waals surface area contributed by atoms with Crippen molar-refractivity contribution in [3.8, 4) is 0 Å². The van der Waals surface area contributed by atoms with Gasteiger partial charge in [0.05, 0.1) is 4.90 Å². The van der Waals surface area contributed by atoms with Gasteiger partial charge in [-0.3, -0.25) is 0 Å². The van der Waals surface area contributed by atoms with Crippen molar-refractivity contribution < 1.29 is 8.42 Å². The fourth-order valence-electron chi connectivity index (χ4n) is 2.38. The van der Waals surface area contributed by atoms with Gasteiger partial charge < -0.3 is 0 Å². The van der Waals surface area contributed by atoms with Gasteiger partial charge in [-0.25, -0.2) is 8.42 Å². The van der Waals surface area contributed by atoms with E-state index in [2.05, 4.69) is 15.9 Å². The first kappa shape index (κ1) is 14.0. The van der Waals surface area contributed by atoms with Gasteiger partial charge >= 0.3 is 0 Å². The van der Waals surface area contributed by atoms with Crippen LogP contribution in [0.25, 0.3) is 0 Å². The van der Waals surface area contributed by atoms with E-state index in [-0.39, 0.29) is 6.04 Å². The van der Waals surface area contributed by atoms with E-state index in [1.54, 1.807) is 23.5 Å². The molecule has 100 valence electrons. The molecule has 0 heterocycles. The van der Waals surface area contributed by atoms with E-state index in [4.69, 9.17) is 0 Å². The molecule has 1 saturated carbocycles. The number of hydrogen-bond donors (Lipinski definition) is 0. The molecule has 0 N–H and O–H groups in total. The highest BCUT2D eigenvalue weighted by Gasteiger charge is 2.29. The summed E-state index contributed by atoms with van der Waals surface area (Å²) >= 11 is 3.36. The Bertz CT molecular complexity index is 492. The molecule has 0 atom stereocenters. The lowest BCUT2D eigenvalue weighted by atomic mass is 10.2. The van der Waals surface area contributed by atoms with E-state index in [0.717, 1.165) is 36.6 Å². The molecular weight excluding hydrogens is 314 g/mol. The van der Waals surface area contributed by atoms with Crippen LogP contribution >= 0.6 is 15.9 Å². The summed E-state index contributed by atoms with van der Waals surface area (Å²) in [7, 11) is -1.63. The maximum atomic E-state index is 12.4. The van der Waals surface area contributed by atoms with Gasteiger partial charge in [-0.1, -0.05) is 40.9 Å². The average Bonchev–Trinajstić information content (AvgIpc) is 2.91. The predicted octanol–water partition coefficient (Wildman–Crippen LogP) is 3.14. The third-order valence-electron chi connectivity index (χ3n) is 3.59. The lowest BCUT2D eigenvalue weighted by Gasteiger charge is -2.23. The van der Waals surface area contributed by atoms with Crippen LogP contribution in [0.15, 0.2) is 29.2 Å². The molecule has 0 spiro atoms. The molecule has 1 aliphatic rings. The Hall–Kier alpha value is -0.390. The minimum Gasteiger partial charge on any atom is -0.207 e. The van der Waals surface area contributed by atoms with E-state index < -0.39 is 10.0 Å². The number of alkyl halides is 1. The highest BCUT2D eigenvalue weighted by molar-refractivity contribution is 9.08. The largest absolute Gasteiger partial charge is 0.243 e. The second-order valence-electron chi connectivity index (χ2n) is 4.74.